The van der Waals surface area contributed by atoms with Crippen molar-refractivity contribution in [3.8, 4) is 0 Å². The van der Waals surface area contributed by atoms with E-state index in [-0.39, 0.29) is 0 Å². The van der Waals surface area contributed by atoms with Gasteiger partial charge in [0, 0.05) is 12.7 Å². The smallest absolute Gasteiger partial charge is 0.187 e. The molecule has 0 saturated heterocycles. The van der Waals surface area contributed by atoms with Crippen LogP contribution in [0.25, 0.3) is 0 Å². The molecule has 3 nitrogen and oxygen atoms in total. The molecular formula is C9H13N3S. The van der Waals surface area contributed by atoms with Gasteiger partial charge in [0.2, 0.25) is 0 Å². The van der Waals surface area contributed by atoms with E-state index in [0.29, 0.717) is 5.11 Å². The number of nitrogens with two attached hydrogens (primary N) is 1. The molecule has 70 valence electrons. The minimum Gasteiger partial charge on any atom is -0.332 e. The summed E-state index contributed by atoms with van der Waals surface area (Å²) < 4.78 is 0. The van der Waals surface area contributed by atoms with Crippen LogP contribution in [-0.4, -0.2) is 17.2 Å². The van der Waals surface area contributed by atoms with E-state index < -0.39 is 0 Å². The largest absolute Gasteiger partial charge is 0.332 e. The molecule has 0 unspecified atom stereocenters. The second-order valence-electron chi connectivity index (χ2n) is 2.91. The summed E-state index contributed by atoms with van der Waals surface area (Å²) in [6, 6.07) is 7.95. The van der Waals surface area contributed by atoms with Gasteiger partial charge in [0.1, 0.15) is 0 Å². The van der Waals surface area contributed by atoms with E-state index in [1.54, 1.807) is 7.05 Å². The first kappa shape index (κ1) is 9.95. The Hall–Kier alpha value is -1.13. The lowest BCUT2D eigenvalue weighted by atomic mass is 10.2. The van der Waals surface area contributed by atoms with Crippen molar-refractivity contribution in [3.05, 3.63) is 29.8 Å². The van der Waals surface area contributed by atoms with Crippen LogP contribution in [0.5, 0.6) is 0 Å². The molecule has 0 fully saturated rings. The van der Waals surface area contributed by atoms with E-state index in [2.05, 4.69) is 5.32 Å². The molecule has 1 aromatic carbocycles. The van der Waals surface area contributed by atoms with Crippen molar-refractivity contribution in [1.29, 1.82) is 0 Å². The van der Waals surface area contributed by atoms with Gasteiger partial charge >= 0.3 is 0 Å². The molecule has 1 aromatic rings. The number of rotatable bonds is 1. The van der Waals surface area contributed by atoms with Gasteiger partial charge in [0.25, 0.3) is 0 Å². The van der Waals surface area contributed by atoms with Crippen LogP contribution in [0, 0.1) is 6.92 Å². The van der Waals surface area contributed by atoms with E-state index >= 15 is 0 Å². The van der Waals surface area contributed by atoms with Gasteiger partial charge in [-0.15, -0.1) is 0 Å². The van der Waals surface area contributed by atoms with Gasteiger partial charge in [-0.05, 0) is 36.8 Å². The standard InChI is InChI=1S/C9H13N3S/c1-7-4-3-5-8(6-7)11-9(13)12(2)10/h3-6H,10H2,1-2H3,(H,11,13). The van der Waals surface area contributed by atoms with Gasteiger partial charge < -0.3 is 5.32 Å². The summed E-state index contributed by atoms with van der Waals surface area (Å²) in [5, 5.41) is 4.89. The topological polar surface area (TPSA) is 41.3 Å². The van der Waals surface area contributed by atoms with Gasteiger partial charge in [0.05, 0.1) is 0 Å². The molecule has 13 heavy (non-hydrogen) atoms. The SMILES string of the molecule is Cc1cccc(NC(=S)N(C)N)c1. The zero-order valence-electron chi connectivity index (χ0n) is 7.74. The van der Waals surface area contributed by atoms with E-state index in [9.17, 15) is 0 Å². The maximum absolute atomic E-state index is 5.45. The van der Waals surface area contributed by atoms with Crippen LogP contribution in [0.2, 0.25) is 0 Å². The molecular weight excluding hydrogens is 182 g/mol. The molecule has 0 aromatic heterocycles. The monoisotopic (exact) mass is 195 g/mol. The Labute approximate surface area is 83.5 Å². The van der Waals surface area contributed by atoms with Crippen molar-refractivity contribution in [2.75, 3.05) is 12.4 Å². The minimum atomic E-state index is 0.505. The van der Waals surface area contributed by atoms with Crippen LogP contribution in [0.15, 0.2) is 24.3 Å². The molecule has 0 amide bonds. The van der Waals surface area contributed by atoms with Gasteiger partial charge in [-0.1, -0.05) is 12.1 Å². The first-order chi connectivity index (χ1) is 6.09. The number of hydrogen-bond donors (Lipinski definition) is 2. The first-order valence-electron chi connectivity index (χ1n) is 3.95. The fraction of sp³-hybridized carbons (Fsp3) is 0.222. The second kappa shape index (κ2) is 4.20. The Kier molecular flexibility index (Phi) is 3.22. The molecule has 4 heteroatoms. The summed E-state index contributed by atoms with van der Waals surface area (Å²) in [6.07, 6.45) is 0. The number of anilines is 1. The molecule has 1 rings (SSSR count). The number of thiocarbonyl (C=S) groups is 1. The van der Waals surface area contributed by atoms with Gasteiger partial charge in [-0.25, -0.2) is 5.84 Å². The van der Waals surface area contributed by atoms with Crippen molar-refractivity contribution >= 4 is 23.0 Å². The van der Waals surface area contributed by atoms with Crippen molar-refractivity contribution in [2.24, 2.45) is 5.84 Å². The van der Waals surface area contributed by atoms with E-state index in [1.165, 1.54) is 10.6 Å². The third-order valence-corrected chi connectivity index (χ3v) is 1.98. The Morgan fingerprint density at radius 2 is 2.23 bits per heavy atom. The van der Waals surface area contributed by atoms with Crippen LogP contribution < -0.4 is 11.2 Å². The van der Waals surface area contributed by atoms with Gasteiger partial charge in [-0.2, -0.15) is 0 Å². The molecule has 3 N–H and O–H groups in total. The highest BCUT2D eigenvalue weighted by molar-refractivity contribution is 7.80. The molecule has 0 aliphatic carbocycles. The maximum atomic E-state index is 5.45. The van der Waals surface area contributed by atoms with Crippen molar-refractivity contribution in [3.63, 3.8) is 0 Å². The fourth-order valence-corrected chi connectivity index (χ4v) is 1.05. The Bertz CT molecular complexity index is 309. The highest BCUT2D eigenvalue weighted by Gasteiger charge is 1.98. The molecule has 0 aliphatic heterocycles. The Balaban J connectivity index is 2.69. The van der Waals surface area contributed by atoms with Crippen LogP contribution in [0.1, 0.15) is 5.56 Å². The minimum absolute atomic E-state index is 0.505. The molecule has 0 aliphatic rings. The fourth-order valence-electron chi connectivity index (χ4n) is 0.934. The molecule has 0 spiro atoms. The third kappa shape index (κ3) is 3.01. The number of hydrazine groups is 1. The summed E-state index contributed by atoms with van der Waals surface area (Å²) >= 11 is 4.99. The second-order valence-corrected chi connectivity index (χ2v) is 3.30. The predicted molar refractivity (Wildman–Crippen MR) is 59.4 cm³/mol. The summed E-state index contributed by atoms with van der Waals surface area (Å²) in [7, 11) is 1.70. The lowest BCUT2D eigenvalue weighted by Crippen LogP contribution is -2.36. The highest BCUT2D eigenvalue weighted by Crippen LogP contribution is 2.09. The zero-order valence-corrected chi connectivity index (χ0v) is 8.56. The van der Waals surface area contributed by atoms with Gasteiger partial charge in [0.15, 0.2) is 5.11 Å². The maximum Gasteiger partial charge on any atom is 0.187 e. The molecule has 0 heterocycles. The normalized spacial score (nSPS) is 9.46. The molecule has 0 radical (unpaired) electrons. The molecule has 0 bridgehead atoms. The Morgan fingerprint density at radius 3 is 2.77 bits per heavy atom. The predicted octanol–water partition coefficient (Wildman–Crippen LogP) is 1.50. The number of benzene rings is 1. The average molecular weight is 195 g/mol. The van der Waals surface area contributed by atoms with Crippen molar-refractivity contribution < 1.29 is 0 Å². The lowest BCUT2D eigenvalue weighted by Gasteiger charge is -2.14. The number of nitrogens with zero attached hydrogens (tertiary/aromatic N) is 1. The van der Waals surface area contributed by atoms with E-state index in [0.717, 1.165) is 5.69 Å². The average Bonchev–Trinajstić information content (AvgIpc) is 2.04. The lowest BCUT2D eigenvalue weighted by molar-refractivity contribution is 0.548. The van der Waals surface area contributed by atoms with Crippen LogP contribution >= 0.6 is 12.2 Å². The molecule has 0 atom stereocenters. The Morgan fingerprint density at radius 1 is 1.54 bits per heavy atom. The summed E-state index contributed by atoms with van der Waals surface area (Å²) in [5.41, 5.74) is 2.15. The zero-order chi connectivity index (χ0) is 9.84. The highest BCUT2D eigenvalue weighted by atomic mass is 32.1. The van der Waals surface area contributed by atoms with Crippen LogP contribution in [-0.2, 0) is 0 Å². The van der Waals surface area contributed by atoms with Crippen molar-refractivity contribution in [2.45, 2.75) is 6.92 Å². The molecule has 0 saturated carbocycles. The number of aryl methyl sites for hydroxylation is 1. The number of nitrogens with one attached hydrogen (secondary N) is 1. The summed E-state index contributed by atoms with van der Waals surface area (Å²) in [6.45, 7) is 2.03. The first-order valence-corrected chi connectivity index (χ1v) is 4.36. The van der Waals surface area contributed by atoms with Crippen LogP contribution in [0.4, 0.5) is 5.69 Å². The summed E-state index contributed by atoms with van der Waals surface area (Å²) in [5.74, 6) is 5.45. The van der Waals surface area contributed by atoms with E-state index in [4.69, 9.17) is 18.1 Å². The van der Waals surface area contributed by atoms with E-state index in [1.807, 2.05) is 31.2 Å². The summed E-state index contributed by atoms with van der Waals surface area (Å²) in [4.78, 5) is 0. The number of hydrogen-bond acceptors (Lipinski definition) is 2. The van der Waals surface area contributed by atoms with Gasteiger partial charge in [-0.3, -0.25) is 5.01 Å². The van der Waals surface area contributed by atoms with Crippen LogP contribution in [0.3, 0.4) is 0 Å². The quantitative estimate of drug-likeness (QED) is 0.405. The van der Waals surface area contributed by atoms with Crippen molar-refractivity contribution in [1.82, 2.24) is 5.01 Å². The third-order valence-electron chi connectivity index (χ3n) is 1.59.